The van der Waals surface area contributed by atoms with E-state index in [1.54, 1.807) is 36.8 Å². The number of anilines is 1. The summed E-state index contributed by atoms with van der Waals surface area (Å²) in [7, 11) is -0.510. The van der Waals surface area contributed by atoms with Crippen molar-refractivity contribution in [1.82, 2.24) is 4.98 Å². The largest absolute Gasteiger partial charge is 0.493 e. The van der Waals surface area contributed by atoms with E-state index in [-0.39, 0.29) is 4.21 Å². The zero-order valence-electron chi connectivity index (χ0n) is 11.7. The van der Waals surface area contributed by atoms with Crippen LogP contribution in [-0.2, 0) is 10.0 Å². The third-order valence-electron chi connectivity index (χ3n) is 2.88. The number of hydrogen-bond donors (Lipinski definition) is 1. The summed E-state index contributed by atoms with van der Waals surface area (Å²) in [5.74, 6) is 1.12. The van der Waals surface area contributed by atoms with Gasteiger partial charge in [0.25, 0.3) is 10.0 Å². The highest BCUT2D eigenvalue weighted by Gasteiger charge is 2.18. The van der Waals surface area contributed by atoms with Crippen molar-refractivity contribution in [2.45, 2.75) is 4.21 Å². The highest BCUT2D eigenvalue weighted by molar-refractivity contribution is 7.94. The van der Waals surface area contributed by atoms with Crippen LogP contribution in [0.1, 0.15) is 0 Å². The molecule has 1 N–H and O–H groups in total. The Morgan fingerprint density at radius 1 is 1.18 bits per heavy atom. The van der Waals surface area contributed by atoms with E-state index in [0.717, 1.165) is 16.0 Å². The van der Waals surface area contributed by atoms with E-state index < -0.39 is 10.0 Å². The number of fused-ring (bicyclic) bond motifs is 1. The summed E-state index contributed by atoms with van der Waals surface area (Å²) < 4.78 is 38.4. The van der Waals surface area contributed by atoms with Gasteiger partial charge in [0.2, 0.25) is 0 Å². The number of nitrogens with one attached hydrogen (secondary N) is 1. The number of benzene rings is 1. The summed E-state index contributed by atoms with van der Waals surface area (Å²) in [6.07, 6.45) is 0. The Hall–Kier alpha value is -1.84. The van der Waals surface area contributed by atoms with E-state index in [2.05, 4.69) is 9.71 Å². The van der Waals surface area contributed by atoms with E-state index in [4.69, 9.17) is 9.47 Å². The van der Waals surface area contributed by atoms with Gasteiger partial charge in [-0.3, -0.25) is 4.72 Å². The minimum atomic E-state index is -3.60. The fourth-order valence-corrected chi connectivity index (χ4v) is 4.98. The number of aromatic nitrogens is 1. The van der Waals surface area contributed by atoms with Crippen LogP contribution in [-0.4, -0.2) is 27.6 Å². The number of methoxy groups -OCH3 is 2. The van der Waals surface area contributed by atoms with Gasteiger partial charge in [-0.1, -0.05) is 17.4 Å². The quantitative estimate of drug-likeness (QED) is 0.760. The lowest BCUT2D eigenvalue weighted by molar-refractivity contribution is 0.356. The fourth-order valence-electron chi connectivity index (χ4n) is 1.88. The number of hydrogen-bond acceptors (Lipinski definition) is 7. The van der Waals surface area contributed by atoms with Crippen molar-refractivity contribution in [2.24, 2.45) is 0 Å². The van der Waals surface area contributed by atoms with Crippen molar-refractivity contribution in [3.63, 3.8) is 0 Å². The second-order valence-corrected chi connectivity index (χ2v) is 8.12. The highest BCUT2D eigenvalue weighted by atomic mass is 32.2. The first-order valence-corrected chi connectivity index (χ1v) is 9.30. The lowest BCUT2D eigenvalue weighted by atomic mass is 10.3. The number of rotatable bonds is 5. The average molecular weight is 356 g/mol. The molecule has 0 aliphatic rings. The van der Waals surface area contributed by atoms with E-state index in [0.29, 0.717) is 22.1 Å². The van der Waals surface area contributed by atoms with Gasteiger partial charge in [0, 0.05) is 12.1 Å². The molecule has 0 atom stereocenters. The molecule has 0 unspecified atom stereocenters. The average Bonchev–Trinajstić information content (AvgIpc) is 3.14. The van der Waals surface area contributed by atoms with Crippen LogP contribution in [0.25, 0.3) is 10.2 Å². The second-order valence-electron chi connectivity index (χ2n) is 4.23. The molecule has 0 saturated heterocycles. The minimum Gasteiger partial charge on any atom is -0.493 e. The first-order valence-electron chi connectivity index (χ1n) is 6.12. The smallest absolute Gasteiger partial charge is 0.273 e. The summed E-state index contributed by atoms with van der Waals surface area (Å²) >= 11 is 2.39. The molecule has 0 amide bonds. The second kappa shape index (κ2) is 5.75. The molecule has 0 saturated carbocycles. The Kier molecular flexibility index (Phi) is 3.94. The van der Waals surface area contributed by atoms with Crippen LogP contribution in [0.2, 0.25) is 0 Å². The molecule has 2 aromatic heterocycles. The molecule has 9 heteroatoms. The minimum absolute atomic E-state index is 0.252. The monoisotopic (exact) mass is 356 g/mol. The zero-order chi connectivity index (χ0) is 15.7. The Bertz CT molecular complexity index is 860. The summed E-state index contributed by atoms with van der Waals surface area (Å²) in [5, 5.41) is 2.02. The van der Waals surface area contributed by atoms with Crippen molar-refractivity contribution in [3.05, 3.63) is 29.6 Å². The summed E-state index contributed by atoms with van der Waals surface area (Å²) in [4.78, 5) is 4.29. The first kappa shape index (κ1) is 15.1. The van der Waals surface area contributed by atoms with Gasteiger partial charge in [0.05, 0.1) is 24.4 Å². The third-order valence-corrected chi connectivity index (χ3v) is 6.67. The maximum atomic E-state index is 12.2. The van der Waals surface area contributed by atoms with Crippen molar-refractivity contribution < 1.29 is 17.9 Å². The Labute approximate surface area is 135 Å². The van der Waals surface area contributed by atoms with Gasteiger partial charge in [0.15, 0.2) is 16.6 Å². The number of thiazole rings is 1. The van der Waals surface area contributed by atoms with Gasteiger partial charge in [-0.15, -0.1) is 11.3 Å². The Morgan fingerprint density at radius 3 is 2.55 bits per heavy atom. The summed E-state index contributed by atoms with van der Waals surface area (Å²) in [5.41, 5.74) is 0.645. The molecule has 3 rings (SSSR count). The molecule has 116 valence electrons. The van der Waals surface area contributed by atoms with Gasteiger partial charge in [0.1, 0.15) is 4.21 Å². The zero-order valence-corrected chi connectivity index (χ0v) is 14.1. The first-order chi connectivity index (χ1) is 10.5. The maximum absolute atomic E-state index is 12.2. The molecule has 0 spiro atoms. The topological polar surface area (TPSA) is 77.5 Å². The lowest BCUT2D eigenvalue weighted by Crippen LogP contribution is -2.10. The molecule has 1 aromatic carbocycles. The summed E-state index contributed by atoms with van der Waals surface area (Å²) in [6, 6.07) is 6.72. The van der Waals surface area contributed by atoms with E-state index in [1.807, 2.05) is 0 Å². The van der Waals surface area contributed by atoms with Crippen molar-refractivity contribution >= 4 is 48.0 Å². The van der Waals surface area contributed by atoms with Crippen molar-refractivity contribution in [3.8, 4) is 11.5 Å². The van der Waals surface area contributed by atoms with Gasteiger partial charge in [-0.05, 0) is 11.4 Å². The third kappa shape index (κ3) is 2.74. The van der Waals surface area contributed by atoms with Crippen LogP contribution in [0.5, 0.6) is 11.5 Å². The lowest BCUT2D eigenvalue weighted by Gasteiger charge is -2.05. The SMILES string of the molecule is COc1cc2nc(NS(=O)(=O)c3cccs3)sc2cc1OC. The van der Waals surface area contributed by atoms with Gasteiger partial charge in [-0.25, -0.2) is 13.4 Å². The maximum Gasteiger partial charge on any atom is 0.273 e. The molecule has 0 bridgehead atoms. The van der Waals surface area contributed by atoms with Crippen LogP contribution in [0, 0.1) is 0 Å². The molecular formula is C13H12N2O4S3. The van der Waals surface area contributed by atoms with Crippen LogP contribution in [0.15, 0.2) is 33.9 Å². The molecule has 22 heavy (non-hydrogen) atoms. The normalized spacial score (nSPS) is 11.5. The number of sulfonamides is 1. The van der Waals surface area contributed by atoms with Crippen molar-refractivity contribution in [2.75, 3.05) is 18.9 Å². The Morgan fingerprint density at radius 2 is 1.91 bits per heavy atom. The molecule has 3 aromatic rings. The van der Waals surface area contributed by atoms with Crippen LogP contribution in [0.3, 0.4) is 0 Å². The van der Waals surface area contributed by atoms with E-state index >= 15 is 0 Å². The van der Waals surface area contributed by atoms with Crippen molar-refractivity contribution in [1.29, 1.82) is 0 Å². The standard InChI is InChI=1S/C13H12N2O4S3/c1-18-9-6-8-11(7-10(9)19-2)21-13(14-8)15-22(16,17)12-4-3-5-20-12/h3-7H,1-2H3,(H,14,15). The van der Waals surface area contributed by atoms with E-state index in [9.17, 15) is 8.42 Å². The molecule has 0 radical (unpaired) electrons. The van der Waals surface area contributed by atoms with Crippen LogP contribution < -0.4 is 14.2 Å². The molecule has 2 heterocycles. The highest BCUT2D eigenvalue weighted by Crippen LogP contribution is 2.36. The fraction of sp³-hybridized carbons (Fsp3) is 0.154. The predicted octanol–water partition coefficient (Wildman–Crippen LogP) is 3.18. The molecule has 0 fully saturated rings. The molecular weight excluding hydrogens is 344 g/mol. The molecule has 0 aliphatic heterocycles. The van der Waals surface area contributed by atoms with Crippen LogP contribution in [0.4, 0.5) is 5.13 Å². The number of ether oxygens (including phenoxy) is 2. The van der Waals surface area contributed by atoms with Crippen LogP contribution >= 0.6 is 22.7 Å². The predicted molar refractivity (Wildman–Crippen MR) is 87.9 cm³/mol. The van der Waals surface area contributed by atoms with E-state index in [1.165, 1.54) is 18.4 Å². The van der Waals surface area contributed by atoms with Gasteiger partial charge in [-0.2, -0.15) is 0 Å². The summed E-state index contributed by atoms with van der Waals surface area (Å²) in [6.45, 7) is 0. The molecule has 6 nitrogen and oxygen atoms in total. The number of thiophene rings is 1. The Balaban J connectivity index is 1.99. The van der Waals surface area contributed by atoms with Gasteiger partial charge < -0.3 is 9.47 Å². The van der Waals surface area contributed by atoms with Gasteiger partial charge >= 0.3 is 0 Å². The molecule has 0 aliphatic carbocycles. The number of nitrogens with zero attached hydrogens (tertiary/aromatic N) is 1.